The van der Waals surface area contributed by atoms with Gasteiger partial charge in [0.25, 0.3) is 0 Å². The summed E-state index contributed by atoms with van der Waals surface area (Å²) in [7, 11) is 0. The zero-order chi connectivity index (χ0) is 37.8. The van der Waals surface area contributed by atoms with E-state index >= 15 is 0 Å². The molecule has 0 radical (unpaired) electrons. The molecule has 0 aliphatic carbocycles. The maximum Gasteiger partial charge on any atom is 0.306 e. The van der Waals surface area contributed by atoms with E-state index < -0.39 is 5.97 Å². The monoisotopic (exact) mass is 757 g/mol. The summed E-state index contributed by atoms with van der Waals surface area (Å²) in [6, 6.07) is 0. The molecule has 0 rings (SSSR count). The van der Waals surface area contributed by atoms with Crippen molar-refractivity contribution >= 4 is 23.7 Å². The van der Waals surface area contributed by atoms with E-state index in [1.807, 2.05) is 11.8 Å². The van der Waals surface area contributed by atoms with Crippen LogP contribution in [0.25, 0.3) is 0 Å². The third-order valence-electron chi connectivity index (χ3n) is 9.90. The fourth-order valence-electron chi connectivity index (χ4n) is 6.57. The lowest BCUT2D eigenvalue weighted by molar-refractivity contribution is -0.151. The Morgan fingerprint density at radius 1 is 0.519 bits per heavy atom. The highest BCUT2D eigenvalue weighted by Gasteiger charge is 2.15. The number of ether oxygens (including phenoxy) is 2. The van der Waals surface area contributed by atoms with Crippen LogP contribution in [0.4, 0.5) is 0 Å². The second-order valence-electron chi connectivity index (χ2n) is 15.2. The first-order valence-corrected chi connectivity index (χ1v) is 23.7. The molecular formula is C44H88N2O5S. The number of thioether (sulfide) groups is 1. The molecule has 0 aromatic heterocycles. The van der Waals surface area contributed by atoms with Crippen molar-refractivity contribution in [3.63, 3.8) is 0 Å². The van der Waals surface area contributed by atoms with Gasteiger partial charge < -0.3 is 25.2 Å². The largest absolute Gasteiger partial charge is 0.481 e. The van der Waals surface area contributed by atoms with Crippen molar-refractivity contribution in [3.8, 4) is 0 Å². The number of carboxylic acid groups (broad SMARTS) is 1. The smallest absolute Gasteiger partial charge is 0.306 e. The first-order valence-electron chi connectivity index (χ1n) is 22.6. The first kappa shape index (κ1) is 51.2. The fraction of sp³-hybridized carbons (Fsp3) is 0.955. The Morgan fingerprint density at radius 2 is 0.942 bits per heavy atom. The lowest BCUT2D eigenvalue weighted by Gasteiger charge is -2.18. The molecule has 0 aliphatic rings. The van der Waals surface area contributed by atoms with Gasteiger partial charge in [0.2, 0.25) is 0 Å². The van der Waals surface area contributed by atoms with Gasteiger partial charge in [-0.1, -0.05) is 174 Å². The molecule has 52 heavy (non-hydrogen) atoms. The summed E-state index contributed by atoms with van der Waals surface area (Å²) in [5, 5.41) is 15.4. The molecule has 0 heterocycles. The third kappa shape index (κ3) is 43.6. The molecule has 0 spiro atoms. The van der Waals surface area contributed by atoms with Gasteiger partial charge >= 0.3 is 11.9 Å². The second-order valence-corrected chi connectivity index (χ2v) is 16.4. The molecule has 1 unspecified atom stereocenters. The maximum atomic E-state index is 12.7. The summed E-state index contributed by atoms with van der Waals surface area (Å²) in [4.78, 5) is 23.3. The Morgan fingerprint density at radius 3 is 1.40 bits per heavy atom. The minimum atomic E-state index is -0.735. The van der Waals surface area contributed by atoms with Gasteiger partial charge in [0.1, 0.15) is 6.10 Å². The lowest BCUT2D eigenvalue weighted by atomic mass is 10.0. The summed E-state index contributed by atoms with van der Waals surface area (Å²) >= 11 is 1.85. The molecular weight excluding hydrogens is 669 g/mol. The number of rotatable bonds is 45. The fourth-order valence-corrected chi connectivity index (χ4v) is 7.51. The number of aliphatic carboxylic acids is 1. The predicted molar refractivity (Wildman–Crippen MR) is 226 cm³/mol. The molecule has 0 aliphatic heterocycles. The molecule has 310 valence electrons. The Balaban J connectivity index is 4.07. The summed E-state index contributed by atoms with van der Waals surface area (Å²) in [6.07, 6.45) is 38.2. The van der Waals surface area contributed by atoms with Gasteiger partial charge in [0.05, 0.1) is 6.61 Å². The van der Waals surface area contributed by atoms with E-state index in [9.17, 15) is 9.59 Å². The van der Waals surface area contributed by atoms with E-state index in [2.05, 4.69) is 24.5 Å². The van der Waals surface area contributed by atoms with E-state index in [4.69, 9.17) is 14.6 Å². The number of nitrogens with one attached hydrogen (secondary N) is 2. The van der Waals surface area contributed by atoms with Crippen LogP contribution in [-0.2, 0) is 19.1 Å². The van der Waals surface area contributed by atoms with Crippen molar-refractivity contribution in [2.75, 3.05) is 50.9 Å². The van der Waals surface area contributed by atoms with Gasteiger partial charge in [-0.25, -0.2) is 0 Å². The second kappa shape index (κ2) is 44.6. The van der Waals surface area contributed by atoms with Crippen LogP contribution in [0.3, 0.4) is 0 Å². The lowest BCUT2D eigenvalue weighted by Crippen LogP contribution is -2.29. The average Bonchev–Trinajstić information content (AvgIpc) is 3.13. The minimum Gasteiger partial charge on any atom is -0.481 e. The van der Waals surface area contributed by atoms with Crippen molar-refractivity contribution in [1.82, 2.24) is 10.6 Å². The molecule has 3 N–H and O–H groups in total. The minimum absolute atomic E-state index is 0.0636. The summed E-state index contributed by atoms with van der Waals surface area (Å²) in [5.41, 5.74) is 0. The number of carbonyl (C=O) groups is 2. The SMILES string of the molecule is CCCCCCCCCCCCCCCCOCC(CSCCCNCCNCCCC(=O)O)OC(=O)CCCCCCCCCCCCCCC. The van der Waals surface area contributed by atoms with Crippen LogP contribution in [0.1, 0.15) is 213 Å². The van der Waals surface area contributed by atoms with Gasteiger partial charge in [0, 0.05) is 38.3 Å². The van der Waals surface area contributed by atoms with Crippen molar-refractivity contribution < 1.29 is 24.2 Å². The van der Waals surface area contributed by atoms with E-state index in [1.54, 1.807) is 0 Å². The van der Waals surface area contributed by atoms with Gasteiger partial charge in [-0.05, 0) is 44.5 Å². The highest BCUT2D eigenvalue weighted by molar-refractivity contribution is 7.99. The van der Waals surface area contributed by atoms with Crippen LogP contribution in [0.2, 0.25) is 0 Å². The van der Waals surface area contributed by atoms with E-state index in [0.717, 1.165) is 70.0 Å². The van der Waals surface area contributed by atoms with Gasteiger partial charge in [-0.3, -0.25) is 9.59 Å². The van der Waals surface area contributed by atoms with Crippen LogP contribution in [0, 0.1) is 0 Å². The number of unbranched alkanes of at least 4 members (excludes halogenated alkanes) is 25. The van der Waals surface area contributed by atoms with Crippen molar-refractivity contribution in [1.29, 1.82) is 0 Å². The molecule has 0 aromatic rings. The van der Waals surface area contributed by atoms with E-state index in [1.165, 1.54) is 154 Å². The molecule has 0 amide bonds. The van der Waals surface area contributed by atoms with Crippen LogP contribution in [-0.4, -0.2) is 74.0 Å². The van der Waals surface area contributed by atoms with Gasteiger partial charge in [-0.15, -0.1) is 0 Å². The molecule has 7 nitrogen and oxygen atoms in total. The maximum absolute atomic E-state index is 12.7. The normalized spacial score (nSPS) is 12.0. The number of carbonyl (C=O) groups excluding carboxylic acids is 1. The Bertz CT molecular complexity index is 729. The highest BCUT2D eigenvalue weighted by Crippen LogP contribution is 2.16. The molecule has 0 fully saturated rings. The molecule has 0 bridgehead atoms. The Hall–Kier alpha value is -0.830. The van der Waals surface area contributed by atoms with Crippen molar-refractivity contribution in [3.05, 3.63) is 0 Å². The molecule has 8 heteroatoms. The molecule has 1 atom stereocenters. The first-order chi connectivity index (χ1) is 25.6. The Kier molecular flexibility index (Phi) is 43.9. The van der Waals surface area contributed by atoms with Crippen LogP contribution >= 0.6 is 11.8 Å². The van der Waals surface area contributed by atoms with Crippen molar-refractivity contribution in [2.24, 2.45) is 0 Å². The zero-order valence-electron chi connectivity index (χ0n) is 34.6. The molecule has 0 saturated carbocycles. The number of hydrogen-bond acceptors (Lipinski definition) is 7. The molecule has 0 saturated heterocycles. The standard InChI is InChI=1S/C44H88N2O5S/c1-3-5-7-9-11-13-15-17-19-21-23-25-27-29-38-50-40-42(41-52-39-31-35-46-37-36-45-34-30-32-43(47)48)51-44(49)33-28-26-24-22-20-18-16-14-12-10-8-6-4-2/h42,45-46H,3-41H2,1-2H3,(H,47,48). The van der Waals surface area contributed by atoms with Gasteiger partial charge in [0.15, 0.2) is 0 Å². The number of esters is 1. The van der Waals surface area contributed by atoms with Crippen molar-refractivity contribution in [2.45, 2.75) is 219 Å². The Labute approximate surface area is 327 Å². The van der Waals surface area contributed by atoms with Crippen LogP contribution in [0.15, 0.2) is 0 Å². The number of hydrogen-bond donors (Lipinski definition) is 3. The van der Waals surface area contributed by atoms with Gasteiger partial charge in [-0.2, -0.15) is 11.8 Å². The zero-order valence-corrected chi connectivity index (χ0v) is 35.5. The topological polar surface area (TPSA) is 96.9 Å². The van der Waals surface area contributed by atoms with Crippen LogP contribution < -0.4 is 10.6 Å². The quantitative estimate of drug-likeness (QED) is 0.0417. The van der Waals surface area contributed by atoms with E-state index in [0.29, 0.717) is 19.4 Å². The molecule has 0 aromatic carbocycles. The summed E-state index contributed by atoms with van der Waals surface area (Å²) < 4.78 is 12.0. The summed E-state index contributed by atoms with van der Waals surface area (Å²) in [5.74, 6) is 1.01. The third-order valence-corrected chi connectivity index (χ3v) is 11.1. The average molecular weight is 757 g/mol. The van der Waals surface area contributed by atoms with Crippen LogP contribution in [0.5, 0.6) is 0 Å². The number of carboxylic acids is 1. The highest BCUT2D eigenvalue weighted by atomic mass is 32.2. The predicted octanol–water partition coefficient (Wildman–Crippen LogP) is 12.0. The summed E-state index contributed by atoms with van der Waals surface area (Å²) in [6.45, 7) is 9.23. The van der Waals surface area contributed by atoms with E-state index in [-0.39, 0.29) is 18.5 Å².